The van der Waals surface area contributed by atoms with Gasteiger partial charge in [0, 0.05) is 12.6 Å². The molecule has 1 aliphatic carbocycles. The summed E-state index contributed by atoms with van der Waals surface area (Å²) in [6, 6.07) is 0. The van der Waals surface area contributed by atoms with Crippen LogP contribution in [-0.2, 0) is 4.74 Å². The molecule has 0 spiro atoms. The van der Waals surface area contributed by atoms with E-state index in [2.05, 4.69) is 6.92 Å². The molecule has 1 unspecified atom stereocenters. The second-order valence-corrected chi connectivity index (χ2v) is 4.15. The first-order chi connectivity index (χ1) is 5.69. The fraction of sp³-hybridized carbons (Fsp3) is 1.00. The summed E-state index contributed by atoms with van der Waals surface area (Å²) >= 11 is 0. The molecule has 2 heteroatoms. The third-order valence-corrected chi connectivity index (χ3v) is 3.18. The Balaban J connectivity index is 2.44. The van der Waals surface area contributed by atoms with Gasteiger partial charge < -0.3 is 10.5 Å². The van der Waals surface area contributed by atoms with E-state index < -0.39 is 0 Å². The quantitative estimate of drug-likeness (QED) is 0.704. The highest BCUT2D eigenvalue weighted by molar-refractivity contribution is 4.91. The molecule has 72 valence electrons. The van der Waals surface area contributed by atoms with Gasteiger partial charge in [0.1, 0.15) is 0 Å². The van der Waals surface area contributed by atoms with Gasteiger partial charge in [-0.15, -0.1) is 0 Å². The van der Waals surface area contributed by atoms with Gasteiger partial charge in [-0.05, 0) is 18.8 Å². The average molecular weight is 171 g/mol. The van der Waals surface area contributed by atoms with E-state index in [1.165, 1.54) is 32.1 Å². The van der Waals surface area contributed by atoms with Crippen LogP contribution in [-0.4, -0.2) is 19.3 Å². The lowest BCUT2D eigenvalue weighted by Crippen LogP contribution is -2.49. The first-order valence-corrected chi connectivity index (χ1v) is 4.97. The van der Waals surface area contributed by atoms with Crippen molar-refractivity contribution in [3.8, 4) is 0 Å². The van der Waals surface area contributed by atoms with Gasteiger partial charge in [0.05, 0.1) is 6.61 Å². The van der Waals surface area contributed by atoms with E-state index in [1.54, 1.807) is 7.11 Å². The van der Waals surface area contributed by atoms with E-state index in [-0.39, 0.29) is 5.54 Å². The molecule has 1 aliphatic rings. The lowest BCUT2D eigenvalue weighted by atomic mass is 9.74. The lowest BCUT2D eigenvalue weighted by molar-refractivity contribution is 0.0954. The zero-order valence-electron chi connectivity index (χ0n) is 8.31. The van der Waals surface area contributed by atoms with Crippen molar-refractivity contribution < 1.29 is 4.74 Å². The molecule has 1 saturated carbocycles. The molecule has 1 atom stereocenters. The van der Waals surface area contributed by atoms with E-state index in [1.807, 2.05) is 0 Å². The summed E-state index contributed by atoms with van der Waals surface area (Å²) in [7, 11) is 1.75. The summed E-state index contributed by atoms with van der Waals surface area (Å²) < 4.78 is 5.14. The topological polar surface area (TPSA) is 35.2 Å². The van der Waals surface area contributed by atoms with Gasteiger partial charge in [-0.2, -0.15) is 0 Å². The lowest BCUT2D eigenvalue weighted by Gasteiger charge is -2.38. The highest BCUT2D eigenvalue weighted by Gasteiger charge is 2.32. The molecule has 0 amide bonds. The van der Waals surface area contributed by atoms with E-state index in [0.29, 0.717) is 5.92 Å². The number of rotatable bonds is 3. The van der Waals surface area contributed by atoms with Crippen LogP contribution in [0, 0.1) is 5.92 Å². The molecular formula is C10H21NO. The second kappa shape index (κ2) is 4.24. The highest BCUT2D eigenvalue weighted by atomic mass is 16.5. The van der Waals surface area contributed by atoms with Gasteiger partial charge in [0.15, 0.2) is 0 Å². The molecule has 2 nitrogen and oxygen atoms in total. The van der Waals surface area contributed by atoms with Gasteiger partial charge >= 0.3 is 0 Å². The van der Waals surface area contributed by atoms with E-state index in [4.69, 9.17) is 10.5 Å². The first kappa shape index (κ1) is 10.0. The zero-order valence-corrected chi connectivity index (χ0v) is 8.31. The van der Waals surface area contributed by atoms with Crippen LogP contribution in [0.4, 0.5) is 0 Å². The van der Waals surface area contributed by atoms with Crippen molar-refractivity contribution in [1.82, 2.24) is 0 Å². The first-order valence-electron chi connectivity index (χ1n) is 4.97. The van der Waals surface area contributed by atoms with Crippen molar-refractivity contribution in [3.05, 3.63) is 0 Å². The standard InChI is InChI=1S/C10H21NO/c1-9(8-12-2)10(11)6-4-3-5-7-10/h9H,3-8,11H2,1-2H3. The summed E-state index contributed by atoms with van der Waals surface area (Å²) in [5, 5.41) is 0. The van der Waals surface area contributed by atoms with Crippen LogP contribution in [0.1, 0.15) is 39.0 Å². The van der Waals surface area contributed by atoms with Crippen LogP contribution in [0.15, 0.2) is 0 Å². The molecule has 0 radical (unpaired) electrons. The molecule has 1 rings (SSSR count). The van der Waals surface area contributed by atoms with Crippen LogP contribution >= 0.6 is 0 Å². The molecule has 0 aromatic heterocycles. The molecule has 2 N–H and O–H groups in total. The summed E-state index contributed by atoms with van der Waals surface area (Å²) in [4.78, 5) is 0. The Morgan fingerprint density at radius 3 is 2.42 bits per heavy atom. The maximum Gasteiger partial charge on any atom is 0.0505 e. The average Bonchev–Trinajstić information content (AvgIpc) is 2.06. The number of hydrogen-bond donors (Lipinski definition) is 1. The molecule has 0 aromatic carbocycles. The van der Waals surface area contributed by atoms with Crippen molar-refractivity contribution in [2.75, 3.05) is 13.7 Å². The highest BCUT2D eigenvalue weighted by Crippen LogP contribution is 2.32. The minimum Gasteiger partial charge on any atom is -0.384 e. The van der Waals surface area contributed by atoms with Gasteiger partial charge in [0.2, 0.25) is 0 Å². The van der Waals surface area contributed by atoms with Gasteiger partial charge in [0.25, 0.3) is 0 Å². The predicted octanol–water partition coefficient (Wildman–Crippen LogP) is 1.93. The molecule has 1 fully saturated rings. The second-order valence-electron chi connectivity index (χ2n) is 4.15. The van der Waals surface area contributed by atoms with Crippen molar-refractivity contribution in [2.24, 2.45) is 11.7 Å². The molecule has 0 aliphatic heterocycles. The Morgan fingerprint density at radius 1 is 1.33 bits per heavy atom. The molecule has 12 heavy (non-hydrogen) atoms. The number of ether oxygens (including phenoxy) is 1. The molecular weight excluding hydrogens is 150 g/mol. The van der Waals surface area contributed by atoms with Gasteiger partial charge in [-0.25, -0.2) is 0 Å². The van der Waals surface area contributed by atoms with Crippen molar-refractivity contribution >= 4 is 0 Å². The largest absolute Gasteiger partial charge is 0.384 e. The Hall–Kier alpha value is -0.0800. The van der Waals surface area contributed by atoms with Crippen LogP contribution in [0.2, 0.25) is 0 Å². The fourth-order valence-electron chi connectivity index (χ4n) is 2.12. The van der Waals surface area contributed by atoms with Crippen LogP contribution in [0.3, 0.4) is 0 Å². The Bertz CT molecular complexity index is 130. The third kappa shape index (κ3) is 2.20. The Kier molecular flexibility index (Phi) is 3.53. The smallest absolute Gasteiger partial charge is 0.0505 e. The molecule has 0 bridgehead atoms. The minimum atomic E-state index is 0.0638. The minimum absolute atomic E-state index is 0.0638. The number of nitrogens with two attached hydrogens (primary N) is 1. The molecule has 0 saturated heterocycles. The third-order valence-electron chi connectivity index (χ3n) is 3.18. The normalized spacial score (nSPS) is 25.2. The maximum atomic E-state index is 6.31. The van der Waals surface area contributed by atoms with Crippen molar-refractivity contribution in [1.29, 1.82) is 0 Å². The van der Waals surface area contributed by atoms with Gasteiger partial charge in [-0.1, -0.05) is 26.2 Å². The monoisotopic (exact) mass is 171 g/mol. The summed E-state index contributed by atoms with van der Waals surface area (Å²) in [5.41, 5.74) is 6.37. The summed E-state index contributed by atoms with van der Waals surface area (Å²) in [5.74, 6) is 0.503. The van der Waals surface area contributed by atoms with E-state index in [0.717, 1.165) is 6.61 Å². The maximum absolute atomic E-state index is 6.31. The number of hydrogen-bond acceptors (Lipinski definition) is 2. The number of methoxy groups -OCH3 is 1. The van der Waals surface area contributed by atoms with Crippen LogP contribution < -0.4 is 5.73 Å². The Labute approximate surface area is 75.5 Å². The molecule has 0 aromatic rings. The van der Waals surface area contributed by atoms with Gasteiger partial charge in [-0.3, -0.25) is 0 Å². The Morgan fingerprint density at radius 2 is 1.92 bits per heavy atom. The zero-order chi connectivity index (χ0) is 9.03. The SMILES string of the molecule is COCC(C)C1(N)CCCCC1. The van der Waals surface area contributed by atoms with Crippen LogP contribution in [0.25, 0.3) is 0 Å². The summed E-state index contributed by atoms with van der Waals surface area (Å²) in [6.07, 6.45) is 6.31. The molecule has 0 heterocycles. The van der Waals surface area contributed by atoms with E-state index >= 15 is 0 Å². The van der Waals surface area contributed by atoms with Crippen molar-refractivity contribution in [2.45, 2.75) is 44.6 Å². The summed E-state index contributed by atoms with van der Waals surface area (Å²) in [6.45, 7) is 3.01. The fourth-order valence-corrected chi connectivity index (χ4v) is 2.12. The van der Waals surface area contributed by atoms with E-state index in [9.17, 15) is 0 Å². The van der Waals surface area contributed by atoms with Crippen LogP contribution in [0.5, 0.6) is 0 Å². The van der Waals surface area contributed by atoms with Crippen molar-refractivity contribution in [3.63, 3.8) is 0 Å². The predicted molar refractivity (Wildman–Crippen MR) is 51.0 cm³/mol.